The van der Waals surface area contributed by atoms with Crippen molar-refractivity contribution in [3.05, 3.63) is 36.2 Å². The van der Waals surface area contributed by atoms with Crippen LogP contribution in [0.2, 0.25) is 0 Å². The first kappa shape index (κ1) is 12.4. The van der Waals surface area contributed by atoms with Gasteiger partial charge in [-0.15, -0.1) is 0 Å². The first-order chi connectivity index (χ1) is 7.52. The third kappa shape index (κ3) is 3.85. The molecule has 0 atom stereocenters. The maximum absolute atomic E-state index is 10.9. The van der Waals surface area contributed by atoms with Crippen molar-refractivity contribution >= 4 is 12.0 Å². The molecule has 0 aromatic carbocycles. The Bertz CT molecular complexity index is 369. The summed E-state index contributed by atoms with van der Waals surface area (Å²) in [6, 6.07) is 3.83. The zero-order valence-corrected chi connectivity index (χ0v) is 9.68. The number of pyridine rings is 1. The molecule has 1 N–H and O–H groups in total. The first-order valence-electron chi connectivity index (χ1n) is 5.32. The van der Waals surface area contributed by atoms with E-state index in [1.807, 2.05) is 24.3 Å². The van der Waals surface area contributed by atoms with Gasteiger partial charge in [-0.05, 0) is 44.4 Å². The lowest BCUT2D eigenvalue weighted by Gasteiger charge is -2.17. The van der Waals surface area contributed by atoms with Crippen LogP contribution in [-0.2, 0) is 4.79 Å². The Morgan fingerprint density at radius 3 is 2.62 bits per heavy atom. The van der Waals surface area contributed by atoms with E-state index in [-0.39, 0.29) is 0 Å². The Hall–Kier alpha value is -1.64. The van der Waals surface area contributed by atoms with Crippen molar-refractivity contribution in [1.82, 2.24) is 4.98 Å². The lowest BCUT2D eigenvalue weighted by atomic mass is 9.88. The molecule has 3 heteroatoms. The topological polar surface area (TPSA) is 50.2 Å². The van der Waals surface area contributed by atoms with Gasteiger partial charge in [0.05, 0.1) is 5.41 Å². The summed E-state index contributed by atoms with van der Waals surface area (Å²) in [4.78, 5) is 14.8. The monoisotopic (exact) mass is 219 g/mol. The summed E-state index contributed by atoms with van der Waals surface area (Å²) in [7, 11) is 0. The number of rotatable bonds is 5. The molecule has 0 aliphatic heterocycles. The number of aliphatic carboxylic acids is 1. The molecule has 0 bridgehead atoms. The van der Waals surface area contributed by atoms with Crippen LogP contribution in [0.5, 0.6) is 0 Å². The third-order valence-corrected chi connectivity index (χ3v) is 2.53. The van der Waals surface area contributed by atoms with Crippen molar-refractivity contribution < 1.29 is 9.90 Å². The number of nitrogens with zero attached hydrogens (tertiary/aromatic N) is 1. The van der Waals surface area contributed by atoms with Crippen LogP contribution in [0.4, 0.5) is 0 Å². The summed E-state index contributed by atoms with van der Waals surface area (Å²) in [5, 5.41) is 8.93. The molecule has 16 heavy (non-hydrogen) atoms. The van der Waals surface area contributed by atoms with E-state index in [4.69, 9.17) is 5.11 Å². The van der Waals surface area contributed by atoms with Gasteiger partial charge in [0.15, 0.2) is 0 Å². The standard InChI is InChI=1S/C13H17NO2/c1-13(2,12(15)16)8-4-3-5-11-6-9-14-10-7-11/h3,5-7,9-10H,4,8H2,1-2H3,(H,15,16)/b5-3+. The molecule has 0 saturated carbocycles. The molecule has 0 fully saturated rings. The van der Waals surface area contributed by atoms with Crippen LogP contribution in [-0.4, -0.2) is 16.1 Å². The minimum absolute atomic E-state index is 0.643. The Morgan fingerprint density at radius 2 is 2.06 bits per heavy atom. The highest BCUT2D eigenvalue weighted by Gasteiger charge is 2.25. The molecule has 0 radical (unpaired) electrons. The van der Waals surface area contributed by atoms with Gasteiger partial charge >= 0.3 is 5.97 Å². The summed E-state index contributed by atoms with van der Waals surface area (Å²) in [5.41, 5.74) is 0.436. The molecule has 0 aliphatic carbocycles. The van der Waals surface area contributed by atoms with E-state index in [0.717, 1.165) is 12.0 Å². The molecule has 3 nitrogen and oxygen atoms in total. The van der Waals surface area contributed by atoms with Crippen LogP contribution >= 0.6 is 0 Å². The third-order valence-electron chi connectivity index (χ3n) is 2.53. The van der Waals surface area contributed by atoms with E-state index in [2.05, 4.69) is 4.98 Å². The smallest absolute Gasteiger partial charge is 0.309 e. The predicted octanol–water partition coefficient (Wildman–Crippen LogP) is 2.99. The van der Waals surface area contributed by atoms with Crippen LogP contribution in [0, 0.1) is 5.41 Å². The minimum Gasteiger partial charge on any atom is -0.481 e. The number of carboxylic acid groups (broad SMARTS) is 1. The molecule has 1 rings (SSSR count). The van der Waals surface area contributed by atoms with Crippen molar-refractivity contribution in [3.63, 3.8) is 0 Å². The highest BCUT2D eigenvalue weighted by Crippen LogP contribution is 2.22. The molecular formula is C13H17NO2. The molecule has 0 saturated heterocycles. The van der Waals surface area contributed by atoms with Gasteiger partial charge in [0.2, 0.25) is 0 Å². The second-order valence-corrected chi connectivity index (χ2v) is 4.41. The number of aromatic nitrogens is 1. The number of hydrogen-bond donors (Lipinski definition) is 1. The van der Waals surface area contributed by atoms with Crippen LogP contribution in [0.25, 0.3) is 6.08 Å². The van der Waals surface area contributed by atoms with Gasteiger partial charge in [0, 0.05) is 12.4 Å². The van der Waals surface area contributed by atoms with Crippen molar-refractivity contribution in [2.45, 2.75) is 26.7 Å². The van der Waals surface area contributed by atoms with Crippen molar-refractivity contribution in [1.29, 1.82) is 0 Å². The normalized spacial score (nSPS) is 11.9. The average Bonchev–Trinajstić information content (AvgIpc) is 2.26. The second-order valence-electron chi connectivity index (χ2n) is 4.41. The minimum atomic E-state index is -0.746. The summed E-state index contributed by atoms with van der Waals surface area (Å²) in [5.74, 6) is -0.746. The Kier molecular flexibility index (Phi) is 4.23. The van der Waals surface area contributed by atoms with Gasteiger partial charge in [-0.2, -0.15) is 0 Å². The Morgan fingerprint density at radius 1 is 1.44 bits per heavy atom. The second kappa shape index (κ2) is 5.45. The molecule has 86 valence electrons. The molecule has 0 unspecified atom stereocenters. The summed E-state index contributed by atoms with van der Waals surface area (Å²) in [6.07, 6.45) is 8.87. The van der Waals surface area contributed by atoms with E-state index >= 15 is 0 Å². The van der Waals surface area contributed by atoms with E-state index < -0.39 is 11.4 Å². The van der Waals surface area contributed by atoms with Gasteiger partial charge in [-0.25, -0.2) is 0 Å². The molecule has 0 spiro atoms. The average molecular weight is 219 g/mol. The SMILES string of the molecule is CC(C)(CC/C=C/c1ccncc1)C(=O)O. The highest BCUT2D eigenvalue weighted by atomic mass is 16.4. The number of allylic oxidation sites excluding steroid dienone is 1. The Labute approximate surface area is 95.8 Å². The van der Waals surface area contributed by atoms with Crippen LogP contribution < -0.4 is 0 Å². The van der Waals surface area contributed by atoms with Crippen molar-refractivity contribution in [2.75, 3.05) is 0 Å². The zero-order valence-electron chi connectivity index (χ0n) is 9.68. The van der Waals surface area contributed by atoms with Gasteiger partial charge in [-0.3, -0.25) is 9.78 Å². The number of carboxylic acids is 1. The Balaban J connectivity index is 2.42. The molecule has 0 aliphatic rings. The molecule has 0 amide bonds. The van der Waals surface area contributed by atoms with Gasteiger partial charge in [-0.1, -0.05) is 12.2 Å². The van der Waals surface area contributed by atoms with E-state index in [0.29, 0.717) is 6.42 Å². The number of carbonyl (C=O) groups is 1. The predicted molar refractivity (Wildman–Crippen MR) is 63.9 cm³/mol. The molecular weight excluding hydrogens is 202 g/mol. The van der Waals surface area contributed by atoms with E-state index in [1.54, 1.807) is 26.2 Å². The molecule has 1 heterocycles. The summed E-state index contributed by atoms with van der Waals surface area (Å²) >= 11 is 0. The fourth-order valence-corrected chi connectivity index (χ4v) is 1.25. The van der Waals surface area contributed by atoms with E-state index in [9.17, 15) is 4.79 Å². The lowest BCUT2D eigenvalue weighted by molar-refractivity contribution is -0.147. The van der Waals surface area contributed by atoms with E-state index in [1.165, 1.54) is 0 Å². The van der Waals surface area contributed by atoms with Crippen molar-refractivity contribution in [2.24, 2.45) is 5.41 Å². The fraction of sp³-hybridized carbons (Fsp3) is 0.385. The quantitative estimate of drug-likeness (QED) is 0.828. The maximum atomic E-state index is 10.9. The first-order valence-corrected chi connectivity index (χ1v) is 5.32. The van der Waals surface area contributed by atoms with Gasteiger partial charge in [0.25, 0.3) is 0 Å². The number of hydrogen-bond acceptors (Lipinski definition) is 2. The molecule has 1 aromatic rings. The largest absolute Gasteiger partial charge is 0.481 e. The van der Waals surface area contributed by atoms with Gasteiger partial charge < -0.3 is 5.11 Å². The van der Waals surface area contributed by atoms with Crippen LogP contribution in [0.1, 0.15) is 32.3 Å². The highest BCUT2D eigenvalue weighted by molar-refractivity contribution is 5.73. The molecule has 1 aromatic heterocycles. The summed E-state index contributed by atoms with van der Waals surface area (Å²) in [6.45, 7) is 3.49. The van der Waals surface area contributed by atoms with Crippen LogP contribution in [0.15, 0.2) is 30.6 Å². The van der Waals surface area contributed by atoms with Crippen LogP contribution in [0.3, 0.4) is 0 Å². The zero-order chi connectivity index (χ0) is 12.0. The van der Waals surface area contributed by atoms with Gasteiger partial charge in [0.1, 0.15) is 0 Å². The lowest BCUT2D eigenvalue weighted by Crippen LogP contribution is -2.22. The summed E-state index contributed by atoms with van der Waals surface area (Å²) < 4.78 is 0. The maximum Gasteiger partial charge on any atom is 0.309 e. The fourth-order valence-electron chi connectivity index (χ4n) is 1.25. The van der Waals surface area contributed by atoms with Crippen molar-refractivity contribution in [3.8, 4) is 0 Å².